The van der Waals surface area contributed by atoms with Crippen LogP contribution in [0.2, 0.25) is 0 Å². The Bertz CT molecular complexity index is 788. The lowest BCUT2D eigenvalue weighted by Gasteiger charge is -2.06. The van der Waals surface area contributed by atoms with Crippen molar-refractivity contribution < 1.29 is 4.79 Å². The molecule has 2 heterocycles. The lowest BCUT2D eigenvalue weighted by atomic mass is 10.0. The second-order valence-electron chi connectivity index (χ2n) is 4.91. The first-order valence-corrected chi connectivity index (χ1v) is 7.94. The highest BCUT2D eigenvalue weighted by Crippen LogP contribution is 2.34. The van der Waals surface area contributed by atoms with Crippen LogP contribution >= 0.6 is 27.3 Å². The van der Waals surface area contributed by atoms with Crippen LogP contribution < -0.4 is 0 Å². The number of carbonyl (C=O) groups excluding carboxylic acids is 1. The quantitative estimate of drug-likeness (QED) is 0.638. The molecule has 102 valence electrons. The molecule has 3 nitrogen and oxygen atoms in total. The third-order valence-corrected chi connectivity index (χ3v) is 4.67. The largest absolute Gasteiger partial charge is 0.296 e. The van der Waals surface area contributed by atoms with Crippen molar-refractivity contribution in [2.24, 2.45) is 0 Å². The molecule has 3 aromatic rings. The predicted molar refractivity (Wildman–Crippen MR) is 86.1 cm³/mol. The van der Waals surface area contributed by atoms with E-state index in [4.69, 9.17) is 4.98 Å². The first-order valence-electron chi connectivity index (χ1n) is 6.33. The van der Waals surface area contributed by atoms with E-state index in [9.17, 15) is 4.79 Å². The van der Waals surface area contributed by atoms with Gasteiger partial charge in [0.2, 0.25) is 0 Å². The molecule has 0 spiro atoms. The van der Waals surface area contributed by atoms with Gasteiger partial charge in [-0.1, -0.05) is 41.1 Å². The number of nitrogens with zero attached hydrogens (tertiary/aromatic N) is 2. The molecule has 0 bridgehead atoms. The Morgan fingerprint density at radius 2 is 2.20 bits per heavy atom. The molecule has 0 unspecified atom stereocenters. The molecule has 0 saturated heterocycles. The summed E-state index contributed by atoms with van der Waals surface area (Å²) in [6, 6.07) is 7.84. The standard InChI is InChI=1S/C15H13BrN2OS/c1-9(2)12-6-10(16)7-13-14(12)17-15(20-13)18-5-3-4-11(18)8-19/h3-9H,1-2H3. The van der Waals surface area contributed by atoms with E-state index in [-0.39, 0.29) is 0 Å². The minimum atomic E-state index is 0.403. The molecule has 20 heavy (non-hydrogen) atoms. The summed E-state index contributed by atoms with van der Waals surface area (Å²) in [5.41, 5.74) is 2.86. The molecule has 0 fully saturated rings. The summed E-state index contributed by atoms with van der Waals surface area (Å²) in [6.45, 7) is 4.32. The Labute approximate surface area is 129 Å². The zero-order valence-corrected chi connectivity index (χ0v) is 13.5. The number of aldehydes is 1. The Kier molecular flexibility index (Phi) is 3.48. The van der Waals surface area contributed by atoms with Gasteiger partial charge in [-0.2, -0.15) is 0 Å². The number of thiazole rings is 1. The molecular weight excluding hydrogens is 336 g/mol. The number of halogens is 1. The van der Waals surface area contributed by atoms with Gasteiger partial charge in [0.1, 0.15) is 0 Å². The fourth-order valence-electron chi connectivity index (χ4n) is 2.22. The van der Waals surface area contributed by atoms with Crippen molar-refractivity contribution in [2.45, 2.75) is 19.8 Å². The van der Waals surface area contributed by atoms with Crippen LogP contribution in [0.15, 0.2) is 34.9 Å². The Hall–Kier alpha value is -1.46. The highest BCUT2D eigenvalue weighted by Gasteiger charge is 2.14. The highest BCUT2D eigenvalue weighted by molar-refractivity contribution is 9.10. The molecule has 3 rings (SSSR count). The van der Waals surface area contributed by atoms with Crippen LogP contribution in [-0.2, 0) is 0 Å². The molecule has 5 heteroatoms. The van der Waals surface area contributed by atoms with Crippen molar-refractivity contribution in [3.05, 3.63) is 46.2 Å². The number of aromatic nitrogens is 2. The summed E-state index contributed by atoms with van der Waals surface area (Å²) in [6.07, 6.45) is 2.72. The van der Waals surface area contributed by atoms with Crippen LogP contribution in [0.4, 0.5) is 0 Å². The van der Waals surface area contributed by atoms with E-state index in [2.05, 4.69) is 41.9 Å². The van der Waals surface area contributed by atoms with E-state index in [0.29, 0.717) is 11.6 Å². The van der Waals surface area contributed by atoms with Gasteiger partial charge in [0, 0.05) is 10.7 Å². The van der Waals surface area contributed by atoms with E-state index in [1.165, 1.54) is 5.56 Å². The fourth-order valence-corrected chi connectivity index (χ4v) is 3.89. The zero-order chi connectivity index (χ0) is 14.3. The topological polar surface area (TPSA) is 34.9 Å². The summed E-state index contributed by atoms with van der Waals surface area (Å²) < 4.78 is 4.02. The van der Waals surface area contributed by atoms with Crippen molar-refractivity contribution in [3.63, 3.8) is 0 Å². The zero-order valence-electron chi connectivity index (χ0n) is 11.1. The van der Waals surface area contributed by atoms with Gasteiger partial charge in [0.25, 0.3) is 0 Å². The number of fused-ring (bicyclic) bond motifs is 1. The SMILES string of the molecule is CC(C)c1cc(Br)cc2sc(-n3cccc3C=O)nc12. The van der Waals surface area contributed by atoms with Gasteiger partial charge in [-0.3, -0.25) is 9.36 Å². The monoisotopic (exact) mass is 348 g/mol. The normalized spacial score (nSPS) is 11.4. The van der Waals surface area contributed by atoms with Crippen molar-refractivity contribution in [2.75, 3.05) is 0 Å². The van der Waals surface area contributed by atoms with Crippen LogP contribution in [0.25, 0.3) is 15.3 Å². The minimum Gasteiger partial charge on any atom is -0.296 e. The molecular formula is C15H13BrN2OS. The summed E-state index contributed by atoms with van der Waals surface area (Å²) in [5, 5.41) is 0.826. The van der Waals surface area contributed by atoms with E-state index >= 15 is 0 Å². The predicted octanol–water partition coefficient (Wildman–Crippen LogP) is 4.79. The molecule has 0 N–H and O–H groups in total. The lowest BCUT2D eigenvalue weighted by Crippen LogP contribution is -1.96. The average molecular weight is 349 g/mol. The van der Waals surface area contributed by atoms with Crippen LogP contribution in [0.3, 0.4) is 0 Å². The number of hydrogen-bond acceptors (Lipinski definition) is 3. The average Bonchev–Trinajstić information content (AvgIpc) is 3.02. The van der Waals surface area contributed by atoms with Gasteiger partial charge in [-0.25, -0.2) is 4.98 Å². The first kappa shape index (κ1) is 13.5. The maximum absolute atomic E-state index is 11.1. The smallest absolute Gasteiger partial charge is 0.195 e. The van der Waals surface area contributed by atoms with Crippen LogP contribution in [-0.4, -0.2) is 15.8 Å². The van der Waals surface area contributed by atoms with E-state index in [1.54, 1.807) is 17.4 Å². The third kappa shape index (κ3) is 2.21. The van der Waals surface area contributed by atoms with Crippen molar-refractivity contribution in [1.29, 1.82) is 0 Å². The first-order chi connectivity index (χ1) is 9.60. The summed E-state index contributed by atoms with van der Waals surface area (Å²) >= 11 is 5.15. The number of hydrogen-bond donors (Lipinski definition) is 0. The van der Waals surface area contributed by atoms with Crippen molar-refractivity contribution in [3.8, 4) is 5.13 Å². The molecule has 0 aliphatic heterocycles. The molecule has 0 saturated carbocycles. The molecule has 0 radical (unpaired) electrons. The van der Waals surface area contributed by atoms with Gasteiger partial charge in [0.05, 0.1) is 15.9 Å². The lowest BCUT2D eigenvalue weighted by molar-refractivity contribution is 0.111. The van der Waals surface area contributed by atoms with Gasteiger partial charge in [0.15, 0.2) is 11.4 Å². The fraction of sp³-hybridized carbons (Fsp3) is 0.200. The number of carbonyl (C=O) groups is 1. The van der Waals surface area contributed by atoms with Crippen LogP contribution in [0.1, 0.15) is 35.8 Å². The number of rotatable bonds is 3. The Morgan fingerprint density at radius 3 is 2.90 bits per heavy atom. The van der Waals surface area contributed by atoms with Gasteiger partial charge < -0.3 is 0 Å². The maximum atomic E-state index is 11.1. The maximum Gasteiger partial charge on any atom is 0.195 e. The molecule has 2 aromatic heterocycles. The third-order valence-electron chi connectivity index (χ3n) is 3.21. The van der Waals surface area contributed by atoms with E-state index in [0.717, 1.165) is 26.1 Å². The molecule has 0 aliphatic rings. The second kappa shape index (κ2) is 5.14. The van der Waals surface area contributed by atoms with Gasteiger partial charge >= 0.3 is 0 Å². The van der Waals surface area contributed by atoms with Gasteiger partial charge in [-0.05, 0) is 35.7 Å². The number of benzene rings is 1. The second-order valence-corrected chi connectivity index (χ2v) is 6.84. The van der Waals surface area contributed by atoms with E-state index < -0.39 is 0 Å². The molecule has 1 aromatic carbocycles. The van der Waals surface area contributed by atoms with Crippen LogP contribution in [0, 0.1) is 0 Å². The molecule has 0 amide bonds. The van der Waals surface area contributed by atoms with Crippen molar-refractivity contribution in [1.82, 2.24) is 9.55 Å². The highest BCUT2D eigenvalue weighted by atomic mass is 79.9. The minimum absolute atomic E-state index is 0.403. The summed E-state index contributed by atoms with van der Waals surface area (Å²) in [5.74, 6) is 0.403. The molecule has 0 aliphatic carbocycles. The van der Waals surface area contributed by atoms with E-state index in [1.807, 2.05) is 16.8 Å². The molecule has 0 atom stereocenters. The van der Waals surface area contributed by atoms with Crippen LogP contribution in [0.5, 0.6) is 0 Å². The Balaban J connectivity index is 2.25. The summed E-state index contributed by atoms with van der Waals surface area (Å²) in [7, 11) is 0. The Morgan fingerprint density at radius 1 is 1.40 bits per heavy atom. The van der Waals surface area contributed by atoms with Gasteiger partial charge in [-0.15, -0.1) is 0 Å². The summed E-state index contributed by atoms with van der Waals surface area (Å²) in [4.78, 5) is 15.8. The van der Waals surface area contributed by atoms with Crippen molar-refractivity contribution >= 4 is 43.8 Å².